The molecule has 20 heavy (non-hydrogen) atoms. The van der Waals surface area contributed by atoms with Crippen molar-refractivity contribution in [1.29, 1.82) is 0 Å². The van der Waals surface area contributed by atoms with Gasteiger partial charge in [0.15, 0.2) is 0 Å². The summed E-state index contributed by atoms with van der Waals surface area (Å²) in [7, 11) is 3.00. The molecule has 3 nitrogen and oxygen atoms in total. The first kappa shape index (κ1) is 14.6. The van der Waals surface area contributed by atoms with Gasteiger partial charge in [0.2, 0.25) is 0 Å². The molecular formula is C15H15ClFNO2. The summed E-state index contributed by atoms with van der Waals surface area (Å²) in [6.45, 7) is 0. The van der Waals surface area contributed by atoms with Gasteiger partial charge < -0.3 is 15.2 Å². The van der Waals surface area contributed by atoms with E-state index in [9.17, 15) is 4.39 Å². The highest BCUT2D eigenvalue weighted by Gasteiger charge is 2.21. The van der Waals surface area contributed by atoms with E-state index in [-0.39, 0.29) is 5.56 Å². The standard InChI is InChI=1S/C15H15ClFNO2/c1-19-12-7-6-9(16)8-10(12)15(18)14-11(17)4-3-5-13(14)20-2/h3-8,15H,18H2,1-2H3. The van der Waals surface area contributed by atoms with Gasteiger partial charge in [-0.15, -0.1) is 0 Å². The number of benzene rings is 2. The summed E-state index contributed by atoms with van der Waals surface area (Å²) in [6, 6.07) is 8.89. The van der Waals surface area contributed by atoms with Gasteiger partial charge >= 0.3 is 0 Å². The molecule has 0 saturated carbocycles. The van der Waals surface area contributed by atoms with Gasteiger partial charge in [-0.1, -0.05) is 17.7 Å². The quantitative estimate of drug-likeness (QED) is 0.938. The number of halogens is 2. The molecule has 0 heterocycles. The monoisotopic (exact) mass is 295 g/mol. The van der Waals surface area contributed by atoms with Gasteiger partial charge in [0.1, 0.15) is 17.3 Å². The minimum Gasteiger partial charge on any atom is -0.496 e. The maximum absolute atomic E-state index is 14.1. The van der Waals surface area contributed by atoms with Crippen molar-refractivity contribution in [3.63, 3.8) is 0 Å². The van der Waals surface area contributed by atoms with Gasteiger partial charge in [-0.25, -0.2) is 4.39 Å². The SMILES string of the molecule is COc1ccc(Cl)cc1C(N)c1c(F)cccc1OC. The van der Waals surface area contributed by atoms with Crippen molar-refractivity contribution in [2.45, 2.75) is 6.04 Å². The van der Waals surface area contributed by atoms with Crippen LogP contribution in [0.5, 0.6) is 11.5 Å². The normalized spacial score (nSPS) is 12.1. The van der Waals surface area contributed by atoms with Gasteiger partial charge in [0, 0.05) is 10.6 Å². The van der Waals surface area contributed by atoms with Crippen LogP contribution in [0.1, 0.15) is 17.2 Å². The summed E-state index contributed by atoms with van der Waals surface area (Å²) in [6.07, 6.45) is 0. The molecule has 0 saturated heterocycles. The Morgan fingerprint density at radius 2 is 1.80 bits per heavy atom. The molecular weight excluding hydrogens is 281 g/mol. The lowest BCUT2D eigenvalue weighted by atomic mass is 9.97. The lowest BCUT2D eigenvalue weighted by Crippen LogP contribution is -2.16. The van der Waals surface area contributed by atoms with E-state index in [0.29, 0.717) is 22.1 Å². The summed E-state index contributed by atoms with van der Waals surface area (Å²) in [4.78, 5) is 0. The molecule has 0 fully saturated rings. The van der Waals surface area contributed by atoms with Gasteiger partial charge in [-0.2, -0.15) is 0 Å². The third-order valence-corrected chi connectivity index (χ3v) is 3.31. The van der Waals surface area contributed by atoms with Gasteiger partial charge in [0.25, 0.3) is 0 Å². The van der Waals surface area contributed by atoms with E-state index in [1.54, 1.807) is 30.3 Å². The molecule has 0 amide bonds. The van der Waals surface area contributed by atoms with Crippen LogP contribution in [-0.4, -0.2) is 14.2 Å². The van der Waals surface area contributed by atoms with E-state index < -0.39 is 11.9 Å². The van der Waals surface area contributed by atoms with E-state index in [0.717, 1.165) is 0 Å². The van der Waals surface area contributed by atoms with Gasteiger partial charge in [-0.05, 0) is 30.3 Å². The van der Waals surface area contributed by atoms with E-state index in [1.165, 1.54) is 20.3 Å². The average molecular weight is 296 g/mol. The number of hydrogen-bond acceptors (Lipinski definition) is 3. The number of methoxy groups -OCH3 is 2. The zero-order valence-electron chi connectivity index (χ0n) is 11.2. The van der Waals surface area contributed by atoms with Crippen molar-refractivity contribution in [2.75, 3.05) is 14.2 Å². The Morgan fingerprint density at radius 3 is 2.45 bits per heavy atom. The summed E-state index contributed by atoms with van der Waals surface area (Å²) < 4.78 is 24.5. The van der Waals surface area contributed by atoms with Crippen molar-refractivity contribution >= 4 is 11.6 Å². The van der Waals surface area contributed by atoms with Crippen LogP contribution in [0.4, 0.5) is 4.39 Å². The Kier molecular flexibility index (Phi) is 4.47. The topological polar surface area (TPSA) is 44.5 Å². The number of rotatable bonds is 4. The Hall–Kier alpha value is -1.78. The van der Waals surface area contributed by atoms with Crippen molar-refractivity contribution in [3.8, 4) is 11.5 Å². The van der Waals surface area contributed by atoms with Crippen molar-refractivity contribution in [3.05, 3.63) is 58.4 Å². The molecule has 1 atom stereocenters. The second kappa shape index (κ2) is 6.11. The van der Waals surface area contributed by atoms with Crippen LogP contribution in [0, 0.1) is 5.82 Å². The lowest BCUT2D eigenvalue weighted by Gasteiger charge is -2.19. The molecule has 0 radical (unpaired) electrons. The molecule has 106 valence electrons. The fourth-order valence-electron chi connectivity index (χ4n) is 2.10. The first-order chi connectivity index (χ1) is 9.58. The predicted molar refractivity (Wildman–Crippen MR) is 77.0 cm³/mol. The maximum Gasteiger partial charge on any atom is 0.132 e. The van der Waals surface area contributed by atoms with Crippen LogP contribution in [0.2, 0.25) is 5.02 Å². The highest BCUT2D eigenvalue weighted by molar-refractivity contribution is 6.30. The van der Waals surface area contributed by atoms with Crippen LogP contribution in [0.15, 0.2) is 36.4 Å². The lowest BCUT2D eigenvalue weighted by molar-refractivity contribution is 0.395. The first-order valence-corrected chi connectivity index (χ1v) is 6.37. The Labute approximate surface area is 122 Å². The van der Waals surface area contributed by atoms with Crippen LogP contribution in [0.25, 0.3) is 0 Å². The van der Waals surface area contributed by atoms with E-state index in [4.69, 9.17) is 26.8 Å². The molecule has 0 spiro atoms. The largest absolute Gasteiger partial charge is 0.496 e. The molecule has 5 heteroatoms. The summed E-state index contributed by atoms with van der Waals surface area (Å²) in [5.74, 6) is 0.505. The summed E-state index contributed by atoms with van der Waals surface area (Å²) in [5.41, 5.74) is 7.05. The maximum atomic E-state index is 14.1. The fraction of sp³-hybridized carbons (Fsp3) is 0.200. The molecule has 2 aromatic carbocycles. The van der Waals surface area contributed by atoms with Crippen molar-refractivity contribution < 1.29 is 13.9 Å². The highest BCUT2D eigenvalue weighted by Crippen LogP contribution is 2.35. The average Bonchev–Trinajstić information content (AvgIpc) is 2.46. The number of ether oxygens (including phenoxy) is 2. The molecule has 2 N–H and O–H groups in total. The van der Waals surface area contributed by atoms with E-state index in [2.05, 4.69) is 0 Å². The van der Waals surface area contributed by atoms with Crippen LogP contribution >= 0.6 is 11.6 Å². The summed E-state index contributed by atoms with van der Waals surface area (Å²) in [5, 5.41) is 0.506. The minimum atomic E-state index is -0.736. The first-order valence-electron chi connectivity index (χ1n) is 6.00. The molecule has 0 aliphatic rings. The number of hydrogen-bond donors (Lipinski definition) is 1. The van der Waals surface area contributed by atoms with Crippen molar-refractivity contribution in [2.24, 2.45) is 5.73 Å². The third-order valence-electron chi connectivity index (χ3n) is 3.07. The zero-order chi connectivity index (χ0) is 14.7. The van der Waals surface area contributed by atoms with E-state index >= 15 is 0 Å². The Balaban J connectivity index is 2.57. The van der Waals surface area contributed by atoms with Crippen molar-refractivity contribution in [1.82, 2.24) is 0 Å². The second-order valence-electron chi connectivity index (χ2n) is 4.22. The zero-order valence-corrected chi connectivity index (χ0v) is 11.9. The fourth-order valence-corrected chi connectivity index (χ4v) is 2.28. The van der Waals surface area contributed by atoms with Gasteiger partial charge in [0.05, 0.1) is 25.8 Å². The Bertz CT molecular complexity index is 619. The van der Waals surface area contributed by atoms with Crippen LogP contribution < -0.4 is 15.2 Å². The summed E-state index contributed by atoms with van der Waals surface area (Å²) >= 11 is 5.98. The smallest absolute Gasteiger partial charge is 0.132 e. The van der Waals surface area contributed by atoms with Crippen LogP contribution in [-0.2, 0) is 0 Å². The van der Waals surface area contributed by atoms with Gasteiger partial charge in [-0.3, -0.25) is 0 Å². The minimum absolute atomic E-state index is 0.274. The molecule has 1 unspecified atom stereocenters. The molecule has 0 aliphatic heterocycles. The third kappa shape index (κ3) is 2.71. The molecule has 0 aliphatic carbocycles. The van der Waals surface area contributed by atoms with Crippen LogP contribution in [0.3, 0.4) is 0 Å². The molecule has 2 rings (SSSR count). The van der Waals surface area contributed by atoms with E-state index in [1.807, 2.05) is 0 Å². The highest BCUT2D eigenvalue weighted by atomic mass is 35.5. The Morgan fingerprint density at radius 1 is 1.10 bits per heavy atom. The number of nitrogens with two attached hydrogens (primary N) is 1. The molecule has 0 bridgehead atoms. The molecule has 0 aromatic heterocycles. The molecule has 2 aromatic rings. The predicted octanol–water partition coefficient (Wildman–Crippen LogP) is 3.54. The second-order valence-corrected chi connectivity index (χ2v) is 4.66.